The van der Waals surface area contributed by atoms with Crippen molar-refractivity contribution in [3.8, 4) is 6.07 Å². The average molecular weight is 287 g/mol. The van der Waals surface area contributed by atoms with E-state index >= 15 is 0 Å². The smallest absolute Gasteiger partial charge is 0.145 e. The highest BCUT2D eigenvalue weighted by atomic mass is 32.2. The van der Waals surface area contributed by atoms with Gasteiger partial charge in [-0.1, -0.05) is 31.4 Å². The first kappa shape index (κ1) is 13.8. The van der Waals surface area contributed by atoms with Crippen LogP contribution in [0, 0.1) is 11.3 Å². The third-order valence-electron chi connectivity index (χ3n) is 2.59. The van der Waals surface area contributed by atoms with Gasteiger partial charge in [0.05, 0.1) is 10.6 Å². The molecule has 2 heterocycles. The minimum Gasteiger partial charge on any atom is -0.296 e. The van der Waals surface area contributed by atoms with Gasteiger partial charge in [-0.2, -0.15) is 5.26 Å². The molecule has 0 amide bonds. The van der Waals surface area contributed by atoms with E-state index in [1.807, 2.05) is 12.2 Å². The summed E-state index contributed by atoms with van der Waals surface area (Å²) in [6, 6.07) is 2.25. The quantitative estimate of drug-likeness (QED) is 0.626. The van der Waals surface area contributed by atoms with Crippen LogP contribution >= 0.6 is 23.5 Å². The van der Waals surface area contributed by atoms with Crippen LogP contribution in [0.2, 0.25) is 0 Å². The summed E-state index contributed by atoms with van der Waals surface area (Å²) in [5.41, 5.74) is 1.78. The van der Waals surface area contributed by atoms with Gasteiger partial charge in [-0.25, -0.2) is 4.98 Å². The molecule has 0 N–H and O–H groups in total. The minimum absolute atomic E-state index is 0.322. The van der Waals surface area contributed by atoms with Gasteiger partial charge in [0.1, 0.15) is 11.8 Å². The number of imidazole rings is 1. The molecule has 0 aliphatic carbocycles. The number of thioether (sulfide) groups is 2. The summed E-state index contributed by atoms with van der Waals surface area (Å²) in [4.78, 5) is 3.98. The molecule has 1 aromatic heterocycles. The van der Waals surface area contributed by atoms with Gasteiger partial charge < -0.3 is 0 Å². The van der Waals surface area contributed by atoms with E-state index in [4.69, 9.17) is 0 Å². The Hall–Kier alpha value is -1.64. The third kappa shape index (κ3) is 3.03. The number of nitrogens with zero attached hydrogens (tertiary/aromatic N) is 3. The highest BCUT2D eigenvalue weighted by molar-refractivity contribution is 8.26. The SMILES string of the molecule is C=C/C=C(\C=C)C1CS/C(=C(/C#N)n2ccnc2)S1. The van der Waals surface area contributed by atoms with Crippen LogP contribution in [0.3, 0.4) is 0 Å². The highest BCUT2D eigenvalue weighted by Gasteiger charge is 2.26. The van der Waals surface area contributed by atoms with E-state index in [-0.39, 0.29) is 0 Å². The Kier molecular flexibility index (Phi) is 4.72. The molecule has 0 aromatic carbocycles. The topological polar surface area (TPSA) is 41.6 Å². The fourth-order valence-corrected chi connectivity index (χ4v) is 4.60. The number of hydrogen-bond acceptors (Lipinski definition) is 4. The molecule has 0 bridgehead atoms. The third-order valence-corrected chi connectivity index (χ3v) is 5.53. The van der Waals surface area contributed by atoms with Crippen molar-refractivity contribution in [2.45, 2.75) is 5.25 Å². The minimum atomic E-state index is 0.322. The molecule has 96 valence electrons. The summed E-state index contributed by atoms with van der Waals surface area (Å²) in [6.45, 7) is 7.54. The highest BCUT2D eigenvalue weighted by Crippen LogP contribution is 2.47. The molecule has 1 aromatic rings. The number of nitriles is 1. The fourth-order valence-electron chi connectivity index (χ4n) is 1.68. The molecule has 1 fully saturated rings. The van der Waals surface area contributed by atoms with Crippen LogP contribution in [0.15, 0.2) is 59.9 Å². The van der Waals surface area contributed by atoms with Crippen LogP contribution in [0.1, 0.15) is 0 Å². The molecular formula is C14H13N3S2. The Bertz CT molecular complexity index is 576. The van der Waals surface area contributed by atoms with E-state index in [9.17, 15) is 5.26 Å². The largest absolute Gasteiger partial charge is 0.296 e. The summed E-state index contributed by atoms with van der Waals surface area (Å²) in [5, 5.41) is 9.63. The second-order valence-corrected chi connectivity index (χ2v) is 6.24. The van der Waals surface area contributed by atoms with Crippen molar-refractivity contribution >= 4 is 29.2 Å². The molecule has 5 heteroatoms. The molecule has 1 saturated heterocycles. The molecular weight excluding hydrogens is 274 g/mol. The van der Waals surface area contributed by atoms with Crippen LogP contribution in [0.4, 0.5) is 0 Å². The van der Waals surface area contributed by atoms with Crippen LogP contribution < -0.4 is 0 Å². The molecule has 1 unspecified atom stereocenters. The fraction of sp³-hybridized carbons (Fsp3) is 0.143. The molecule has 19 heavy (non-hydrogen) atoms. The van der Waals surface area contributed by atoms with Gasteiger partial charge in [-0.3, -0.25) is 4.57 Å². The van der Waals surface area contributed by atoms with Crippen molar-refractivity contribution in [2.75, 3.05) is 5.75 Å². The summed E-state index contributed by atoms with van der Waals surface area (Å²) < 4.78 is 2.78. The molecule has 1 aliphatic heterocycles. The zero-order chi connectivity index (χ0) is 13.7. The Morgan fingerprint density at radius 2 is 2.42 bits per heavy atom. The standard InChI is InChI=1S/C14H13N3S2/c1-3-5-11(4-2)13-9-18-14(19-13)12(8-15)17-7-6-16-10-17/h3-7,10,13H,1-2,9H2/b11-5+,14-12+. The van der Waals surface area contributed by atoms with E-state index in [0.29, 0.717) is 10.9 Å². The van der Waals surface area contributed by atoms with E-state index in [1.54, 1.807) is 52.9 Å². The maximum Gasteiger partial charge on any atom is 0.145 e. The van der Waals surface area contributed by atoms with Gasteiger partial charge in [0.15, 0.2) is 0 Å². The van der Waals surface area contributed by atoms with E-state index < -0.39 is 0 Å². The lowest BCUT2D eigenvalue weighted by molar-refractivity contribution is 1.10. The number of rotatable bonds is 4. The first-order valence-corrected chi connectivity index (χ1v) is 7.54. The molecule has 3 nitrogen and oxygen atoms in total. The lowest BCUT2D eigenvalue weighted by atomic mass is 10.2. The molecule has 0 spiro atoms. The Morgan fingerprint density at radius 1 is 1.58 bits per heavy atom. The van der Waals surface area contributed by atoms with Gasteiger partial charge in [0.2, 0.25) is 0 Å². The Labute approximate surface area is 121 Å². The number of aromatic nitrogens is 2. The summed E-state index contributed by atoms with van der Waals surface area (Å²) >= 11 is 3.40. The first-order valence-electron chi connectivity index (χ1n) is 5.67. The zero-order valence-corrected chi connectivity index (χ0v) is 12.0. The molecule has 0 radical (unpaired) electrons. The van der Waals surface area contributed by atoms with Crippen molar-refractivity contribution in [1.82, 2.24) is 9.55 Å². The van der Waals surface area contributed by atoms with Crippen LogP contribution in [-0.4, -0.2) is 20.6 Å². The summed E-state index contributed by atoms with van der Waals surface area (Å²) in [7, 11) is 0. The lowest BCUT2D eigenvalue weighted by Gasteiger charge is -2.08. The van der Waals surface area contributed by atoms with Crippen LogP contribution in [0.25, 0.3) is 5.70 Å². The van der Waals surface area contributed by atoms with E-state index in [1.165, 1.54) is 0 Å². The normalized spacial score (nSPS) is 21.8. The first-order chi connectivity index (χ1) is 9.30. The second kappa shape index (κ2) is 6.50. The van der Waals surface area contributed by atoms with E-state index in [2.05, 4.69) is 24.2 Å². The Morgan fingerprint density at radius 3 is 3.00 bits per heavy atom. The van der Waals surface area contributed by atoms with Crippen LogP contribution in [0.5, 0.6) is 0 Å². The average Bonchev–Trinajstić information content (AvgIpc) is 3.09. The van der Waals surface area contributed by atoms with Crippen molar-refractivity contribution < 1.29 is 0 Å². The van der Waals surface area contributed by atoms with Gasteiger partial charge in [-0.05, 0) is 5.57 Å². The Balaban J connectivity index is 2.26. The molecule has 0 saturated carbocycles. The van der Waals surface area contributed by atoms with Gasteiger partial charge in [0.25, 0.3) is 0 Å². The second-order valence-electron chi connectivity index (χ2n) is 3.74. The summed E-state index contributed by atoms with van der Waals surface area (Å²) in [6.07, 6.45) is 10.7. The number of hydrogen-bond donors (Lipinski definition) is 0. The predicted octanol–water partition coefficient (Wildman–Crippen LogP) is 3.68. The zero-order valence-electron chi connectivity index (χ0n) is 10.3. The van der Waals surface area contributed by atoms with Crippen molar-refractivity contribution in [2.24, 2.45) is 0 Å². The molecule has 2 rings (SSSR count). The molecule has 1 aliphatic rings. The lowest BCUT2D eigenvalue weighted by Crippen LogP contribution is -2.02. The summed E-state index contributed by atoms with van der Waals surface area (Å²) in [5.74, 6) is 0.936. The van der Waals surface area contributed by atoms with Crippen LogP contribution in [-0.2, 0) is 0 Å². The number of allylic oxidation sites excluding steroid dienone is 4. The van der Waals surface area contributed by atoms with Crippen molar-refractivity contribution in [3.63, 3.8) is 0 Å². The van der Waals surface area contributed by atoms with Crippen molar-refractivity contribution in [1.29, 1.82) is 5.26 Å². The van der Waals surface area contributed by atoms with E-state index in [0.717, 1.165) is 15.6 Å². The monoisotopic (exact) mass is 287 g/mol. The van der Waals surface area contributed by atoms with Gasteiger partial charge >= 0.3 is 0 Å². The maximum atomic E-state index is 9.31. The maximum absolute atomic E-state index is 9.31. The molecule has 1 atom stereocenters. The predicted molar refractivity (Wildman–Crippen MR) is 83.4 cm³/mol. The van der Waals surface area contributed by atoms with Gasteiger partial charge in [0, 0.05) is 23.4 Å². The van der Waals surface area contributed by atoms with Crippen molar-refractivity contribution in [3.05, 3.63) is 59.9 Å². The van der Waals surface area contributed by atoms with Gasteiger partial charge in [-0.15, -0.1) is 23.5 Å².